The van der Waals surface area contributed by atoms with Crippen molar-refractivity contribution in [3.05, 3.63) is 60.8 Å². The Morgan fingerprint density at radius 1 is 1.00 bits per heavy atom. The molecule has 4 rings (SSSR count). The van der Waals surface area contributed by atoms with Crippen LogP contribution in [0.15, 0.2) is 65.7 Å². The Morgan fingerprint density at radius 2 is 1.65 bits per heavy atom. The molecule has 1 aromatic heterocycles. The van der Waals surface area contributed by atoms with Crippen LogP contribution in [0, 0.1) is 0 Å². The second kappa shape index (κ2) is 8.26. The molecule has 0 atom stereocenters. The van der Waals surface area contributed by atoms with Crippen molar-refractivity contribution >= 4 is 15.7 Å². The summed E-state index contributed by atoms with van der Waals surface area (Å²) in [5.41, 5.74) is 1.10. The van der Waals surface area contributed by atoms with Crippen molar-refractivity contribution in [1.29, 1.82) is 0 Å². The number of anilines is 1. The maximum Gasteiger partial charge on any atom is 0.573 e. The number of alkyl halides is 3. The highest BCUT2D eigenvalue weighted by Crippen LogP contribution is 2.34. The second-order valence-corrected chi connectivity index (χ2v) is 8.95. The van der Waals surface area contributed by atoms with Gasteiger partial charge in [-0.15, -0.1) is 13.2 Å². The molecule has 1 fully saturated rings. The molecule has 2 aromatic carbocycles. The van der Waals surface area contributed by atoms with Gasteiger partial charge in [-0.2, -0.15) is 5.10 Å². The van der Waals surface area contributed by atoms with Gasteiger partial charge in [0.05, 0.1) is 6.04 Å². The molecule has 6 nitrogen and oxygen atoms in total. The van der Waals surface area contributed by atoms with Crippen LogP contribution in [-0.2, 0) is 10.0 Å². The Kier molecular flexibility index (Phi) is 5.65. The number of hydrogen-bond donors (Lipinski definition) is 1. The molecule has 0 spiro atoms. The van der Waals surface area contributed by atoms with Crippen LogP contribution in [-0.4, -0.2) is 24.6 Å². The predicted molar refractivity (Wildman–Crippen MR) is 109 cm³/mol. The molecule has 0 radical (unpaired) electrons. The summed E-state index contributed by atoms with van der Waals surface area (Å²) in [6.07, 6.45) is 0.713. The lowest BCUT2D eigenvalue weighted by molar-refractivity contribution is -0.274. The van der Waals surface area contributed by atoms with Gasteiger partial charge in [0.1, 0.15) is 16.3 Å². The summed E-state index contributed by atoms with van der Waals surface area (Å²) in [7, 11) is -4.05. The molecular formula is C21H20F3N3O3S. The number of nitrogens with one attached hydrogen (secondary N) is 1. The maximum absolute atomic E-state index is 13.2. The molecule has 0 amide bonds. The Labute approximate surface area is 177 Å². The van der Waals surface area contributed by atoms with Gasteiger partial charge in [0, 0.05) is 17.4 Å². The zero-order valence-corrected chi connectivity index (χ0v) is 17.2. The number of aromatic nitrogens is 2. The van der Waals surface area contributed by atoms with E-state index in [-0.39, 0.29) is 16.6 Å². The number of sulfonamides is 1. The third-order valence-corrected chi connectivity index (χ3v) is 6.46. The molecular weight excluding hydrogens is 431 g/mol. The molecule has 10 heteroatoms. The van der Waals surface area contributed by atoms with E-state index in [1.54, 1.807) is 28.9 Å². The maximum atomic E-state index is 13.2. The van der Waals surface area contributed by atoms with Crippen molar-refractivity contribution in [2.45, 2.75) is 43.0 Å². The van der Waals surface area contributed by atoms with E-state index >= 15 is 0 Å². The van der Waals surface area contributed by atoms with E-state index in [9.17, 15) is 21.6 Å². The van der Waals surface area contributed by atoms with Crippen molar-refractivity contribution in [3.8, 4) is 17.0 Å². The van der Waals surface area contributed by atoms with E-state index in [1.165, 1.54) is 18.3 Å². The highest BCUT2D eigenvalue weighted by atomic mass is 32.2. The second-order valence-electron chi connectivity index (χ2n) is 7.30. The number of benzene rings is 2. The molecule has 1 aliphatic carbocycles. The summed E-state index contributed by atoms with van der Waals surface area (Å²) in [4.78, 5) is 0.0150. The van der Waals surface area contributed by atoms with E-state index in [2.05, 4.69) is 14.6 Å². The summed E-state index contributed by atoms with van der Waals surface area (Å²) in [5.74, 6) is -0.436. The lowest BCUT2D eigenvalue weighted by Crippen LogP contribution is -2.17. The van der Waals surface area contributed by atoms with E-state index < -0.39 is 22.1 Å². The van der Waals surface area contributed by atoms with E-state index in [1.807, 2.05) is 6.07 Å². The van der Waals surface area contributed by atoms with Crippen LogP contribution in [0.25, 0.3) is 11.3 Å². The third-order valence-electron chi connectivity index (χ3n) is 5.07. The minimum atomic E-state index is -4.82. The smallest absolute Gasteiger partial charge is 0.406 e. The van der Waals surface area contributed by atoms with Crippen molar-refractivity contribution < 1.29 is 26.3 Å². The van der Waals surface area contributed by atoms with Crippen LogP contribution in [0.4, 0.5) is 18.9 Å². The fourth-order valence-corrected chi connectivity index (χ4v) is 4.87. The number of halogens is 3. The van der Waals surface area contributed by atoms with Crippen LogP contribution in [0.5, 0.6) is 5.75 Å². The molecule has 0 bridgehead atoms. The minimum absolute atomic E-state index is 0.0150. The quantitative estimate of drug-likeness (QED) is 0.547. The summed E-state index contributed by atoms with van der Waals surface area (Å²) in [6.45, 7) is 0. The average Bonchev–Trinajstić information content (AvgIpc) is 3.39. The molecule has 3 aromatic rings. The minimum Gasteiger partial charge on any atom is -0.406 e. The Balaban J connectivity index is 1.65. The Hall–Kier alpha value is -3.01. The Bertz CT molecular complexity index is 1140. The zero-order valence-electron chi connectivity index (χ0n) is 16.3. The fourth-order valence-electron chi connectivity index (χ4n) is 3.66. The normalized spacial score (nSPS) is 15.2. The van der Waals surface area contributed by atoms with Crippen LogP contribution < -0.4 is 9.46 Å². The monoisotopic (exact) mass is 451 g/mol. The number of hydrogen-bond acceptors (Lipinski definition) is 4. The lowest BCUT2D eigenvalue weighted by atomic mass is 10.2. The molecule has 1 N–H and O–H groups in total. The fraction of sp³-hybridized carbons (Fsp3) is 0.286. The topological polar surface area (TPSA) is 73.2 Å². The summed E-state index contributed by atoms with van der Waals surface area (Å²) >= 11 is 0. The van der Waals surface area contributed by atoms with Crippen LogP contribution in [0.3, 0.4) is 0 Å². The highest BCUT2D eigenvalue weighted by molar-refractivity contribution is 7.92. The van der Waals surface area contributed by atoms with Gasteiger partial charge >= 0.3 is 6.36 Å². The summed E-state index contributed by atoms with van der Waals surface area (Å²) < 4.78 is 71.3. The van der Waals surface area contributed by atoms with Crippen molar-refractivity contribution in [2.24, 2.45) is 0 Å². The van der Waals surface area contributed by atoms with Gasteiger partial charge in [0.2, 0.25) is 0 Å². The van der Waals surface area contributed by atoms with Gasteiger partial charge in [-0.05, 0) is 37.1 Å². The third kappa shape index (κ3) is 5.01. The van der Waals surface area contributed by atoms with E-state index in [0.717, 1.165) is 37.8 Å². The van der Waals surface area contributed by atoms with Gasteiger partial charge in [-0.3, -0.25) is 9.40 Å². The summed E-state index contributed by atoms with van der Waals surface area (Å²) in [6, 6.07) is 13.6. The lowest BCUT2D eigenvalue weighted by Gasteiger charge is -2.11. The highest BCUT2D eigenvalue weighted by Gasteiger charge is 2.31. The standard InChI is InChI=1S/C21H20F3N3O3S/c22-21(23,24)30-18-12-10-16(11-13-18)26-31(28,29)19-14-27(17-8-4-5-9-17)25-20(19)15-6-2-1-3-7-15/h1-3,6-7,10-14,17,26H,4-5,8-9H2. The van der Waals surface area contributed by atoms with Crippen molar-refractivity contribution in [1.82, 2.24) is 9.78 Å². The van der Waals surface area contributed by atoms with E-state index in [0.29, 0.717) is 11.3 Å². The van der Waals surface area contributed by atoms with Crippen LogP contribution in [0.1, 0.15) is 31.7 Å². The zero-order chi connectivity index (χ0) is 22.1. The first-order valence-corrected chi connectivity index (χ1v) is 11.2. The molecule has 1 saturated carbocycles. The average molecular weight is 451 g/mol. The molecule has 164 valence electrons. The SMILES string of the molecule is O=S(=O)(Nc1ccc(OC(F)(F)F)cc1)c1cn(C2CCCC2)nc1-c1ccccc1. The van der Waals surface area contributed by atoms with Gasteiger partial charge in [-0.25, -0.2) is 8.42 Å². The summed E-state index contributed by atoms with van der Waals surface area (Å²) in [5, 5.41) is 4.58. The number of rotatable bonds is 6. The van der Waals surface area contributed by atoms with Crippen molar-refractivity contribution in [2.75, 3.05) is 4.72 Å². The predicted octanol–water partition coefficient (Wildman–Crippen LogP) is 5.36. The number of ether oxygens (including phenoxy) is 1. The Morgan fingerprint density at radius 3 is 2.26 bits per heavy atom. The number of nitrogens with zero attached hydrogens (tertiary/aromatic N) is 2. The van der Waals surface area contributed by atoms with E-state index in [4.69, 9.17) is 0 Å². The molecule has 0 aliphatic heterocycles. The molecule has 0 saturated heterocycles. The molecule has 1 heterocycles. The van der Waals surface area contributed by atoms with Gasteiger partial charge in [-0.1, -0.05) is 43.2 Å². The first-order valence-electron chi connectivity index (χ1n) is 9.74. The largest absolute Gasteiger partial charge is 0.573 e. The first-order chi connectivity index (χ1) is 14.7. The molecule has 31 heavy (non-hydrogen) atoms. The van der Waals surface area contributed by atoms with Crippen LogP contribution >= 0.6 is 0 Å². The van der Waals surface area contributed by atoms with Crippen LogP contribution in [0.2, 0.25) is 0 Å². The molecule has 1 aliphatic rings. The van der Waals surface area contributed by atoms with Crippen molar-refractivity contribution in [3.63, 3.8) is 0 Å². The van der Waals surface area contributed by atoms with Gasteiger partial charge in [0.15, 0.2) is 0 Å². The van der Waals surface area contributed by atoms with Gasteiger partial charge in [0.25, 0.3) is 10.0 Å². The molecule has 0 unspecified atom stereocenters. The van der Waals surface area contributed by atoms with Gasteiger partial charge < -0.3 is 4.74 Å². The first kappa shape index (κ1) is 21.2.